The minimum absolute atomic E-state index is 0. The van der Waals surface area contributed by atoms with Crippen molar-refractivity contribution in [3.8, 4) is 17.2 Å². The molecule has 0 spiro atoms. The van der Waals surface area contributed by atoms with Gasteiger partial charge in [0.05, 0.1) is 18.8 Å². The first-order valence-corrected chi connectivity index (χ1v) is 8.87. The van der Waals surface area contributed by atoms with Gasteiger partial charge in [0, 0.05) is 18.0 Å². The fourth-order valence-corrected chi connectivity index (χ4v) is 3.17. The number of thiazole rings is 1. The van der Waals surface area contributed by atoms with Gasteiger partial charge in [0.2, 0.25) is 6.79 Å². The molecule has 2 heterocycles. The Bertz CT molecular complexity index is 747. The summed E-state index contributed by atoms with van der Waals surface area (Å²) in [5.41, 5.74) is 1.09. The number of nitrogens with one attached hydrogen (secondary N) is 2. The first-order chi connectivity index (χ1) is 12.2. The molecule has 142 valence electrons. The normalized spacial score (nSPS) is 12.5. The molecular weight excluding hydrogens is 467 g/mol. The second-order valence-corrected chi connectivity index (χ2v) is 6.75. The molecule has 0 amide bonds. The highest BCUT2D eigenvalue weighted by Gasteiger charge is 2.13. The van der Waals surface area contributed by atoms with E-state index in [0.29, 0.717) is 19.7 Å². The molecule has 1 aromatic carbocycles. The summed E-state index contributed by atoms with van der Waals surface area (Å²) in [5, 5.41) is 7.52. The molecule has 0 saturated heterocycles. The van der Waals surface area contributed by atoms with Crippen molar-refractivity contribution < 1.29 is 14.2 Å². The maximum atomic E-state index is 5.72. The fraction of sp³-hybridized carbons (Fsp3) is 0.412. The predicted octanol–water partition coefficient (Wildman–Crippen LogP) is 2.85. The summed E-state index contributed by atoms with van der Waals surface area (Å²) < 4.78 is 16.3. The summed E-state index contributed by atoms with van der Waals surface area (Å²) in [5.74, 6) is 2.95. The molecule has 0 radical (unpaired) electrons. The summed E-state index contributed by atoms with van der Waals surface area (Å²) in [6.07, 6.45) is 0. The van der Waals surface area contributed by atoms with E-state index in [0.717, 1.165) is 33.9 Å². The largest absolute Gasteiger partial charge is 0.492 e. The standard InChI is InChI=1S/C17H22N4O3S.HI/c1-11-12(2)25-16(21-11)9-20-17(18-3)19-6-7-22-13-4-5-14-15(8-13)24-10-23-14;/h4-5,8H,6-7,9-10H2,1-3H3,(H2,18,19,20);1H. The van der Waals surface area contributed by atoms with E-state index in [2.05, 4.69) is 27.5 Å². The first-order valence-electron chi connectivity index (χ1n) is 8.05. The lowest BCUT2D eigenvalue weighted by atomic mass is 10.3. The van der Waals surface area contributed by atoms with Gasteiger partial charge in [-0.2, -0.15) is 0 Å². The van der Waals surface area contributed by atoms with Crippen LogP contribution in [0.2, 0.25) is 0 Å². The van der Waals surface area contributed by atoms with Crippen molar-refractivity contribution in [2.75, 3.05) is 27.0 Å². The predicted molar refractivity (Wildman–Crippen MR) is 113 cm³/mol. The number of benzene rings is 1. The Balaban J connectivity index is 0.00000243. The van der Waals surface area contributed by atoms with Crippen LogP contribution < -0.4 is 24.8 Å². The Hall–Kier alpha value is -1.75. The van der Waals surface area contributed by atoms with E-state index >= 15 is 0 Å². The lowest BCUT2D eigenvalue weighted by Crippen LogP contribution is -2.38. The topological polar surface area (TPSA) is 77.0 Å². The second kappa shape index (κ2) is 9.81. The van der Waals surface area contributed by atoms with Crippen molar-refractivity contribution in [1.29, 1.82) is 0 Å². The second-order valence-electron chi connectivity index (χ2n) is 5.47. The number of nitrogens with zero attached hydrogens (tertiary/aromatic N) is 2. The van der Waals surface area contributed by atoms with E-state index in [9.17, 15) is 0 Å². The number of guanidine groups is 1. The van der Waals surface area contributed by atoms with Crippen LogP contribution in [0.15, 0.2) is 23.2 Å². The number of rotatable bonds is 6. The van der Waals surface area contributed by atoms with Crippen molar-refractivity contribution in [3.63, 3.8) is 0 Å². The van der Waals surface area contributed by atoms with Crippen LogP contribution in [-0.4, -0.2) is 37.9 Å². The molecule has 26 heavy (non-hydrogen) atoms. The summed E-state index contributed by atoms with van der Waals surface area (Å²) in [4.78, 5) is 9.96. The molecule has 0 aliphatic carbocycles. The lowest BCUT2D eigenvalue weighted by Gasteiger charge is -2.12. The van der Waals surface area contributed by atoms with Gasteiger partial charge >= 0.3 is 0 Å². The number of aromatic nitrogens is 1. The fourth-order valence-electron chi connectivity index (χ4n) is 2.30. The Morgan fingerprint density at radius 3 is 2.81 bits per heavy atom. The average Bonchev–Trinajstić information content (AvgIpc) is 3.20. The van der Waals surface area contributed by atoms with Gasteiger partial charge in [-0.25, -0.2) is 4.98 Å². The quantitative estimate of drug-likeness (QED) is 0.281. The molecule has 1 aliphatic rings. The van der Waals surface area contributed by atoms with Gasteiger partial charge in [-0.3, -0.25) is 4.99 Å². The zero-order valence-electron chi connectivity index (χ0n) is 15.0. The minimum Gasteiger partial charge on any atom is -0.492 e. The highest BCUT2D eigenvalue weighted by Crippen LogP contribution is 2.34. The molecule has 0 bridgehead atoms. The monoisotopic (exact) mass is 490 g/mol. The number of fused-ring (bicyclic) bond motifs is 1. The third-order valence-corrected chi connectivity index (χ3v) is 4.78. The molecular formula is C17H23IN4O3S. The Morgan fingerprint density at radius 1 is 1.27 bits per heavy atom. The highest BCUT2D eigenvalue weighted by molar-refractivity contribution is 14.0. The van der Waals surface area contributed by atoms with Crippen molar-refractivity contribution in [3.05, 3.63) is 33.8 Å². The highest BCUT2D eigenvalue weighted by atomic mass is 127. The SMILES string of the molecule is CN=C(NCCOc1ccc2c(c1)OCO2)NCc1nc(C)c(C)s1.I. The number of hydrogen-bond acceptors (Lipinski definition) is 6. The average molecular weight is 490 g/mol. The van der Waals surface area contributed by atoms with Crippen molar-refractivity contribution in [1.82, 2.24) is 15.6 Å². The van der Waals surface area contributed by atoms with Gasteiger partial charge in [0.25, 0.3) is 0 Å². The van der Waals surface area contributed by atoms with Crippen LogP contribution in [0.4, 0.5) is 0 Å². The molecule has 3 rings (SSSR count). The van der Waals surface area contributed by atoms with Crippen LogP contribution in [0.5, 0.6) is 17.2 Å². The minimum atomic E-state index is 0. The van der Waals surface area contributed by atoms with E-state index in [4.69, 9.17) is 14.2 Å². The lowest BCUT2D eigenvalue weighted by molar-refractivity contribution is 0.173. The van der Waals surface area contributed by atoms with Gasteiger partial charge in [-0.1, -0.05) is 0 Å². The van der Waals surface area contributed by atoms with Crippen molar-refractivity contribution in [2.24, 2.45) is 4.99 Å². The zero-order valence-corrected chi connectivity index (χ0v) is 18.1. The van der Waals surface area contributed by atoms with E-state index in [1.54, 1.807) is 18.4 Å². The molecule has 1 aromatic heterocycles. The molecule has 9 heteroatoms. The number of hydrogen-bond donors (Lipinski definition) is 2. The Labute approximate surface area is 174 Å². The molecule has 2 N–H and O–H groups in total. The Kier molecular flexibility index (Phi) is 7.76. The summed E-state index contributed by atoms with van der Waals surface area (Å²) >= 11 is 1.70. The summed E-state index contributed by atoms with van der Waals surface area (Å²) in [6.45, 7) is 6.16. The van der Waals surface area contributed by atoms with E-state index in [1.807, 2.05) is 25.1 Å². The van der Waals surface area contributed by atoms with E-state index in [-0.39, 0.29) is 30.8 Å². The summed E-state index contributed by atoms with van der Waals surface area (Å²) in [7, 11) is 1.74. The smallest absolute Gasteiger partial charge is 0.231 e. The first kappa shape index (κ1) is 20.6. The van der Waals surface area contributed by atoms with Gasteiger partial charge in [-0.15, -0.1) is 35.3 Å². The van der Waals surface area contributed by atoms with Gasteiger partial charge in [0.15, 0.2) is 17.5 Å². The molecule has 0 fully saturated rings. The van der Waals surface area contributed by atoms with Crippen molar-refractivity contribution in [2.45, 2.75) is 20.4 Å². The molecule has 7 nitrogen and oxygen atoms in total. The zero-order chi connectivity index (χ0) is 17.6. The van der Waals surface area contributed by atoms with Gasteiger partial charge < -0.3 is 24.8 Å². The van der Waals surface area contributed by atoms with Crippen LogP contribution in [-0.2, 0) is 6.54 Å². The molecule has 0 atom stereocenters. The van der Waals surface area contributed by atoms with Crippen molar-refractivity contribution >= 4 is 41.3 Å². The number of ether oxygens (including phenoxy) is 3. The molecule has 0 unspecified atom stereocenters. The molecule has 0 saturated carbocycles. The number of aryl methyl sites for hydroxylation is 2. The summed E-state index contributed by atoms with van der Waals surface area (Å²) in [6, 6.07) is 5.56. The van der Waals surface area contributed by atoms with Gasteiger partial charge in [0.1, 0.15) is 17.4 Å². The van der Waals surface area contributed by atoms with Crippen LogP contribution in [0, 0.1) is 13.8 Å². The van der Waals surface area contributed by atoms with E-state index < -0.39 is 0 Å². The third kappa shape index (κ3) is 5.37. The third-order valence-electron chi connectivity index (χ3n) is 3.71. The molecule has 1 aliphatic heterocycles. The molecule has 2 aromatic rings. The van der Waals surface area contributed by atoms with Crippen LogP contribution >= 0.6 is 35.3 Å². The number of halogens is 1. The van der Waals surface area contributed by atoms with Crippen LogP contribution in [0.3, 0.4) is 0 Å². The van der Waals surface area contributed by atoms with Crippen LogP contribution in [0.25, 0.3) is 0 Å². The van der Waals surface area contributed by atoms with E-state index in [1.165, 1.54) is 4.88 Å². The van der Waals surface area contributed by atoms with Crippen LogP contribution in [0.1, 0.15) is 15.6 Å². The maximum absolute atomic E-state index is 5.72. The van der Waals surface area contributed by atoms with Gasteiger partial charge in [-0.05, 0) is 26.0 Å². The Morgan fingerprint density at radius 2 is 2.08 bits per heavy atom. The number of aliphatic imine (C=N–C) groups is 1. The maximum Gasteiger partial charge on any atom is 0.231 e.